The van der Waals surface area contributed by atoms with Gasteiger partial charge in [-0.1, -0.05) is 12.1 Å². The van der Waals surface area contributed by atoms with E-state index >= 15 is 0 Å². The first-order valence-electron chi connectivity index (χ1n) is 9.76. The molecule has 5 N–H and O–H groups in total. The number of benzene rings is 1. The van der Waals surface area contributed by atoms with Crippen LogP contribution in [0.15, 0.2) is 40.5 Å². The van der Waals surface area contributed by atoms with Crippen molar-refractivity contribution in [2.75, 3.05) is 12.4 Å². The van der Waals surface area contributed by atoms with E-state index < -0.39 is 34.8 Å². The molecule has 0 aliphatic heterocycles. The lowest BCUT2D eigenvalue weighted by molar-refractivity contribution is -0.131. The van der Waals surface area contributed by atoms with E-state index in [-0.39, 0.29) is 31.0 Å². The lowest BCUT2D eigenvalue weighted by Crippen LogP contribution is -2.21. The van der Waals surface area contributed by atoms with Crippen LogP contribution in [0.25, 0.3) is 10.7 Å². The summed E-state index contributed by atoms with van der Waals surface area (Å²) in [4.78, 5) is 54.5. The molecule has 34 heavy (non-hydrogen) atoms. The molecule has 0 bridgehead atoms. The Kier molecular flexibility index (Phi) is 7.95. The summed E-state index contributed by atoms with van der Waals surface area (Å²) >= 11 is 1.11. The molecular formula is C21H20N4O8S. The summed E-state index contributed by atoms with van der Waals surface area (Å²) in [5, 5.41) is 22.3. The molecule has 0 radical (unpaired) electrons. The first kappa shape index (κ1) is 24.4. The van der Waals surface area contributed by atoms with Crippen LogP contribution in [0.2, 0.25) is 0 Å². The number of nitrogens with one attached hydrogen (secondary N) is 3. The summed E-state index contributed by atoms with van der Waals surface area (Å²) in [6, 6.07) is 8.36. The molecular weight excluding hydrogens is 468 g/mol. The standard InChI is InChI=1S/C21H20N4O8S/c1-32-12-4-2-11(3-5-12)10-33-17-16(21(29)30)23-19(24-20(17)28)18-13(8-9-34-18)22-14(26)6-7-15(27)25-31/h2-5,8-9,31H,6-7,10H2,1H3,(H,22,26)(H,25,27)(H,29,30)(H,23,24,28). The fourth-order valence-corrected chi connectivity index (χ4v) is 3.61. The van der Waals surface area contributed by atoms with Gasteiger partial charge < -0.3 is 24.9 Å². The molecule has 0 aliphatic rings. The number of hydroxylamine groups is 1. The van der Waals surface area contributed by atoms with Crippen molar-refractivity contribution in [1.29, 1.82) is 0 Å². The van der Waals surface area contributed by atoms with Crippen molar-refractivity contribution in [1.82, 2.24) is 15.4 Å². The molecule has 13 heteroatoms. The van der Waals surface area contributed by atoms with Gasteiger partial charge in [-0.25, -0.2) is 15.3 Å². The average molecular weight is 488 g/mol. The van der Waals surface area contributed by atoms with Gasteiger partial charge in [0.05, 0.1) is 17.7 Å². The highest BCUT2D eigenvalue weighted by atomic mass is 32.1. The number of rotatable bonds is 10. The number of aromatic amines is 1. The minimum absolute atomic E-state index is 0.0717. The molecule has 0 spiro atoms. The van der Waals surface area contributed by atoms with E-state index in [1.54, 1.807) is 35.7 Å². The SMILES string of the molecule is COc1ccc(COc2c(C(=O)O)nc(-c3sccc3NC(=O)CCC(=O)NO)[nH]c2=O)cc1. The summed E-state index contributed by atoms with van der Waals surface area (Å²) in [5.41, 5.74) is 0.989. The number of aromatic nitrogens is 2. The Hall–Kier alpha value is -4.23. The molecule has 3 rings (SSSR count). The molecule has 0 atom stereocenters. The Morgan fingerprint density at radius 3 is 2.47 bits per heavy atom. The quantitative estimate of drug-likeness (QED) is 0.211. The number of aromatic carboxylic acids is 1. The van der Waals surface area contributed by atoms with Gasteiger partial charge in [-0.2, -0.15) is 0 Å². The molecule has 2 amide bonds. The maximum Gasteiger partial charge on any atom is 0.358 e. The maximum absolute atomic E-state index is 12.7. The summed E-state index contributed by atoms with van der Waals surface area (Å²) in [6.07, 6.45) is -0.440. The highest BCUT2D eigenvalue weighted by Gasteiger charge is 2.22. The number of nitrogens with zero attached hydrogens (tertiary/aromatic N) is 1. The first-order valence-corrected chi connectivity index (χ1v) is 10.6. The van der Waals surface area contributed by atoms with Crippen molar-refractivity contribution in [3.63, 3.8) is 0 Å². The van der Waals surface area contributed by atoms with Crippen molar-refractivity contribution in [2.45, 2.75) is 19.4 Å². The second-order valence-electron chi connectivity index (χ2n) is 6.78. The zero-order chi connectivity index (χ0) is 24.7. The van der Waals surface area contributed by atoms with Gasteiger partial charge in [0.25, 0.3) is 5.56 Å². The minimum Gasteiger partial charge on any atom is -0.497 e. The molecule has 0 aliphatic carbocycles. The van der Waals surface area contributed by atoms with Crippen LogP contribution in [0, 0.1) is 0 Å². The number of methoxy groups -OCH3 is 1. The smallest absolute Gasteiger partial charge is 0.358 e. The van der Waals surface area contributed by atoms with Gasteiger partial charge in [0.1, 0.15) is 12.4 Å². The highest BCUT2D eigenvalue weighted by Crippen LogP contribution is 2.32. The van der Waals surface area contributed by atoms with Gasteiger partial charge in [-0.15, -0.1) is 11.3 Å². The summed E-state index contributed by atoms with van der Waals surface area (Å²) in [6.45, 7) is -0.0733. The van der Waals surface area contributed by atoms with Gasteiger partial charge in [0, 0.05) is 12.8 Å². The molecule has 2 aromatic heterocycles. The van der Waals surface area contributed by atoms with Crippen LogP contribution < -0.4 is 25.8 Å². The molecule has 0 saturated heterocycles. The number of ether oxygens (including phenoxy) is 2. The zero-order valence-corrected chi connectivity index (χ0v) is 18.6. The van der Waals surface area contributed by atoms with E-state index in [4.69, 9.17) is 14.7 Å². The molecule has 3 aromatic rings. The third kappa shape index (κ3) is 5.96. The normalized spacial score (nSPS) is 10.4. The van der Waals surface area contributed by atoms with Crippen LogP contribution in [0.1, 0.15) is 28.9 Å². The molecule has 0 fully saturated rings. The van der Waals surface area contributed by atoms with Gasteiger partial charge >= 0.3 is 5.97 Å². The summed E-state index contributed by atoms with van der Waals surface area (Å²) < 4.78 is 10.5. The molecule has 0 saturated carbocycles. The van der Waals surface area contributed by atoms with Crippen LogP contribution in [-0.4, -0.2) is 45.2 Å². The molecule has 2 heterocycles. The predicted octanol–water partition coefficient (Wildman–Crippen LogP) is 2.01. The Labute approximate surface area is 196 Å². The van der Waals surface area contributed by atoms with E-state index in [1.165, 1.54) is 12.6 Å². The van der Waals surface area contributed by atoms with Crippen molar-refractivity contribution in [3.05, 3.63) is 57.3 Å². The van der Waals surface area contributed by atoms with E-state index in [2.05, 4.69) is 15.3 Å². The Balaban J connectivity index is 1.82. The minimum atomic E-state index is -1.46. The fourth-order valence-electron chi connectivity index (χ4n) is 2.81. The topological polar surface area (TPSA) is 180 Å². The number of thiophene rings is 1. The zero-order valence-electron chi connectivity index (χ0n) is 17.8. The second-order valence-corrected chi connectivity index (χ2v) is 7.70. The largest absolute Gasteiger partial charge is 0.497 e. The summed E-state index contributed by atoms with van der Waals surface area (Å²) in [5.74, 6) is -2.60. The average Bonchev–Trinajstić information content (AvgIpc) is 3.29. The number of carboxylic acid groups (broad SMARTS) is 1. The van der Waals surface area contributed by atoms with Crippen molar-refractivity contribution < 1.29 is 34.2 Å². The third-order valence-corrected chi connectivity index (χ3v) is 5.40. The second kappa shape index (κ2) is 11.1. The van der Waals surface area contributed by atoms with Crippen LogP contribution in [0.3, 0.4) is 0 Å². The Morgan fingerprint density at radius 1 is 1.12 bits per heavy atom. The van der Waals surface area contributed by atoms with E-state index in [1.807, 2.05) is 0 Å². The number of anilines is 1. The molecule has 178 valence electrons. The van der Waals surface area contributed by atoms with E-state index in [0.29, 0.717) is 16.2 Å². The number of hydrogen-bond acceptors (Lipinski definition) is 9. The molecule has 1 aromatic carbocycles. The van der Waals surface area contributed by atoms with Crippen LogP contribution in [-0.2, 0) is 16.2 Å². The number of carbonyl (C=O) groups excluding carboxylic acids is 2. The molecule has 12 nitrogen and oxygen atoms in total. The third-order valence-electron chi connectivity index (χ3n) is 4.48. The van der Waals surface area contributed by atoms with E-state index in [0.717, 1.165) is 11.3 Å². The number of amides is 2. The van der Waals surface area contributed by atoms with Crippen molar-refractivity contribution in [3.8, 4) is 22.2 Å². The molecule has 0 unspecified atom stereocenters. The van der Waals surface area contributed by atoms with Crippen LogP contribution in [0.4, 0.5) is 5.69 Å². The number of H-pyrrole nitrogens is 1. The predicted molar refractivity (Wildman–Crippen MR) is 120 cm³/mol. The lowest BCUT2D eigenvalue weighted by atomic mass is 10.2. The monoisotopic (exact) mass is 488 g/mol. The van der Waals surface area contributed by atoms with Gasteiger partial charge in [-0.05, 0) is 29.1 Å². The van der Waals surface area contributed by atoms with Gasteiger partial charge in [0.15, 0.2) is 11.5 Å². The van der Waals surface area contributed by atoms with Gasteiger partial charge in [-0.3, -0.25) is 19.6 Å². The van der Waals surface area contributed by atoms with Crippen molar-refractivity contribution in [2.24, 2.45) is 0 Å². The maximum atomic E-state index is 12.7. The van der Waals surface area contributed by atoms with Crippen LogP contribution in [0.5, 0.6) is 11.5 Å². The Morgan fingerprint density at radius 2 is 1.82 bits per heavy atom. The number of carbonyl (C=O) groups is 3. The number of hydrogen-bond donors (Lipinski definition) is 5. The van der Waals surface area contributed by atoms with E-state index in [9.17, 15) is 24.3 Å². The Bertz CT molecular complexity index is 1250. The lowest BCUT2D eigenvalue weighted by Gasteiger charge is -2.11. The number of carboxylic acids is 1. The summed E-state index contributed by atoms with van der Waals surface area (Å²) in [7, 11) is 1.53. The highest BCUT2D eigenvalue weighted by molar-refractivity contribution is 7.14. The fraction of sp³-hybridized carbons (Fsp3) is 0.190. The first-order chi connectivity index (χ1) is 16.3. The van der Waals surface area contributed by atoms with Crippen molar-refractivity contribution >= 4 is 34.8 Å². The van der Waals surface area contributed by atoms with Crippen LogP contribution >= 0.6 is 11.3 Å². The van der Waals surface area contributed by atoms with Gasteiger partial charge in [0.2, 0.25) is 17.6 Å².